The van der Waals surface area contributed by atoms with E-state index in [4.69, 9.17) is 24.8 Å². The number of hydrazine groups is 1. The molecule has 2 aromatic carbocycles. The number of rotatable bonds is 11. The second kappa shape index (κ2) is 12.2. The number of hydrogen-bond acceptors (Lipinski definition) is 9. The van der Waals surface area contributed by atoms with Gasteiger partial charge in [-0.3, -0.25) is 14.4 Å². The normalized spacial score (nSPS) is 12.7. The van der Waals surface area contributed by atoms with Gasteiger partial charge in [0.05, 0.1) is 38.4 Å². The number of hydrogen-bond donors (Lipinski definition) is 4. The Morgan fingerprint density at radius 2 is 2.06 bits per heavy atom. The van der Waals surface area contributed by atoms with E-state index in [1.807, 2.05) is 0 Å². The molecule has 1 aliphatic rings. The Morgan fingerprint density at radius 1 is 1.23 bits per heavy atom. The molecule has 12 nitrogen and oxygen atoms in total. The summed E-state index contributed by atoms with van der Waals surface area (Å²) in [4.78, 5) is 41.4. The number of nitrogens with zero attached hydrogens (tertiary/aromatic N) is 1. The van der Waals surface area contributed by atoms with Crippen molar-refractivity contribution >= 4 is 29.8 Å². The van der Waals surface area contributed by atoms with Crippen LogP contribution < -0.4 is 36.1 Å². The van der Waals surface area contributed by atoms with Crippen LogP contribution in [0.3, 0.4) is 0 Å². The van der Waals surface area contributed by atoms with E-state index in [-0.39, 0.29) is 26.4 Å². The molecule has 1 atom stereocenters. The van der Waals surface area contributed by atoms with Crippen LogP contribution in [-0.4, -0.2) is 51.2 Å². The van der Waals surface area contributed by atoms with Gasteiger partial charge in [-0.15, -0.1) is 0 Å². The van der Waals surface area contributed by atoms with Gasteiger partial charge in [0, 0.05) is 5.56 Å². The van der Waals surface area contributed by atoms with E-state index in [0.29, 0.717) is 34.1 Å². The molecule has 1 heterocycles. The molecule has 0 saturated heterocycles. The van der Waals surface area contributed by atoms with Gasteiger partial charge in [-0.05, 0) is 42.8 Å². The number of aliphatic imine (C=N–C) groups is 1. The van der Waals surface area contributed by atoms with Gasteiger partial charge in [0.1, 0.15) is 6.34 Å². The molecule has 0 bridgehead atoms. The lowest BCUT2D eigenvalue weighted by Gasteiger charge is -2.20. The molecule has 2 aromatic rings. The van der Waals surface area contributed by atoms with Crippen LogP contribution in [0.25, 0.3) is 0 Å². The molecule has 3 rings (SSSR count). The van der Waals surface area contributed by atoms with Crippen LogP contribution in [0.1, 0.15) is 35.3 Å². The van der Waals surface area contributed by atoms with Crippen LogP contribution in [0.2, 0.25) is 0 Å². The molecule has 186 valence electrons. The summed E-state index contributed by atoms with van der Waals surface area (Å²) in [6.07, 6.45) is 1.14. The maximum atomic E-state index is 12.7. The van der Waals surface area contributed by atoms with Crippen molar-refractivity contribution in [1.29, 1.82) is 0 Å². The van der Waals surface area contributed by atoms with Gasteiger partial charge < -0.3 is 35.0 Å². The lowest BCUT2D eigenvalue weighted by molar-refractivity contribution is -0.143. The zero-order valence-electron chi connectivity index (χ0n) is 19.3. The first-order valence-electron chi connectivity index (χ1n) is 10.7. The smallest absolute Gasteiger partial charge is 0.308 e. The molecule has 12 heteroatoms. The number of amides is 2. The third kappa shape index (κ3) is 6.84. The Balaban J connectivity index is 1.70. The largest absolute Gasteiger partial charge is 0.493 e. The summed E-state index contributed by atoms with van der Waals surface area (Å²) < 4.78 is 21.2. The van der Waals surface area contributed by atoms with Gasteiger partial charge in [0.25, 0.3) is 5.91 Å². The molecule has 0 spiro atoms. The second-order valence-electron chi connectivity index (χ2n) is 7.24. The fraction of sp³-hybridized carbons (Fsp3) is 0.304. The fourth-order valence-corrected chi connectivity index (χ4v) is 3.34. The minimum atomic E-state index is -0.761. The van der Waals surface area contributed by atoms with Crippen LogP contribution in [0.4, 0.5) is 5.69 Å². The molecule has 5 N–H and O–H groups in total. The van der Waals surface area contributed by atoms with Crippen molar-refractivity contribution < 1.29 is 33.3 Å². The van der Waals surface area contributed by atoms with Crippen molar-refractivity contribution in [2.45, 2.75) is 19.4 Å². The highest BCUT2D eigenvalue weighted by Crippen LogP contribution is 2.43. The van der Waals surface area contributed by atoms with E-state index in [1.54, 1.807) is 43.3 Å². The molecule has 0 aliphatic carbocycles. The first-order chi connectivity index (χ1) is 16.9. The summed E-state index contributed by atoms with van der Waals surface area (Å²) in [6.45, 7) is 1.60. The molecule has 1 unspecified atom stereocenters. The first-order valence-corrected chi connectivity index (χ1v) is 10.7. The van der Waals surface area contributed by atoms with Gasteiger partial charge in [0.15, 0.2) is 11.5 Å². The number of carbonyl (C=O) groups excluding carboxylic acids is 3. The van der Waals surface area contributed by atoms with Crippen molar-refractivity contribution in [1.82, 2.24) is 16.1 Å². The molecule has 1 aliphatic heterocycles. The minimum Gasteiger partial charge on any atom is -0.493 e. The van der Waals surface area contributed by atoms with Crippen LogP contribution in [0.5, 0.6) is 17.2 Å². The predicted octanol–water partition coefficient (Wildman–Crippen LogP) is 1.09. The number of ether oxygens (including phenoxy) is 4. The Labute approximate surface area is 201 Å². The SMILES string of the molecule is CCOC(=O)CC(NC(=O)CNC(=O)c1cccc(N=CNN)c1)c1cc(OC)c2c(c1)OCO2. The minimum absolute atomic E-state index is 0.0331. The average Bonchev–Trinajstić information content (AvgIpc) is 3.34. The predicted molar refractivity (Wildman–Crippen MR) is 126 cm³/mol. The summed E-state index contributed by atoms with van der Waals surface area (Å²) >= 11 is 0. The van der Waals surface area contributed by atoms with Crippen LogP contribution in [0.15, 0.2) is 41.4 Å². The standard InChI is InChI=1S/C23H27N5O7/c1-3-33-21(30)10-17(15-8-18(32-2)22-19(9-15)34-13-35-22)28-20(29)11-25-23(31)14-5-4-6-16(7-14)26-12-27-24/h4-9,12,17H,3,10-11,13,24H2,1-2H3,(H,25,31)(H,26,27)(H,28,29). The van der Waals surface area contributed by atoms with E-state index in [2.05, 4.69) is 21.1 Å². The molecule has 35 heavy (non-hydrogen) atoms. The number of methoxy groups -OCH3 is 1. The Bertz CT molecular complexity index is 1110. The number of esters is 1. The van der Waals surface area contributed by atoms with Crippen LogP contribution in [0, 0.1) is 0 Å². The van der Waals surface area contributed by atoms with Gasteiger partial charge in [-0.25, -0.2) is 10.8 Å². The van der Waals surface area contributed by atoms with Crippen molar-refractivity contribution in [2.24, 2.45) is 10.8 Å². The third-order valence-corrected chi connectivity index (χ3v) is 4.90. The third-order valence-electron chi connectivity index (χ3n) is 4.90. The monoisotopic (exact) mass is 485 g/mol. The summed E-state index contributed by atoms with van der Waals surface area (Å²) in [5.74, 6) is 4.96. The number of nitrogens with one attached hydrogen (secondary N) is 3. The first kappa shape index (κ1) is 25.3. The van der Waals surface area contributed by atoms with Crippen LogP contribution >= 0.6 is 0 Å². The number of benzene rings is 2. The van der Waals surface area contributed by atoms with Crippen molar-refractivity contribution in [3.8, 4) is 17.2 Å². The van der Waals surface area contributed by atoms with Crippen LogP contribution in [-0.2, 0) is 14.3 Å². The van der Waals surface area contributed by atoms with Crippen molar-refractivity contribution in [3.63, 3.8) is 0 Å². The fourth-order valence-electron chi connectivity index (χ4n) is 3.34. The van der Waals surface area contributed by atoms with Gasteiger partial charge >= 0.3 is 5.97 Å². The maximum Gasteiger partial charge on any atom is 0.308 e. The van der Waals surface area contributed by atoms with E-state index in [1.165, 1.54) is 13.4 Å². The summed E-state index contributed by atoms with van der Waals surface area (Å²) in [6, 6.07) is 9.03. The Morgan fingerprint density at radius 3 is 2.80 bits per heavy atom. The quantitative estimate of drug-likeness (QED) is 0.120. The molecule has 0 saturated carbocycles. The number of nitrogens with two attached hydrogens (primary N) is 1. The summed E-state index contributed by atoms with van der Waals surface area (Å²) in [5, 5.41) is 5.31. The molecule has 0 radical (unpaired) electrons. The van der Waals surface area contributed by atoms with E-state index < -0.39 is 23.8 Å². The topological polar surface area (TPSA) is 163 Å². The van der Waals surface area contributed by atoms with Crippen molar-refractivity contribution in [2.75, 3.05) is 27.1 Å². The second-order valence-corrected chi connectivity index (χ2v) is 7.24. The Kier molecular flexibility index (Phi) is 8.84. The maximum absolute atomic E-state index is 12.7. The summed E-state index contributed by atoms with van der Waals surface area (Å²) in [5.41, 5.74) is 3.65. The lowest BCUT2D eigenvalue weighted by Crippen LogP contribution is -2.39. The molecule has 0 fully saturated rings. The van der Waals surface area contributed by atoms with E-state index >= 15 is 0 Å². The average molecular weight is 485 g/mol. The highest BCUT2D eigenvalue weighted by atomic mass is 16.7. The van der Waals surface area contributed by atoms with Gasteiger partial charge in [0.2, 0.25) is 18.4 Å². The number of carbonyl (C=O) groups is 3. The molecule has 2 amide bonds. The highest BCUT2D eigenvalue weighted by Gasteiger charge is 2.26. The Hall–Kier alpha value is -4.32. The zero-order valence-corrected chi connectivity index (χ0v) is 19.3. The molecule has 0 aromatic heterocycles. The van der Waals surface area contributed by atoms with E-state index in [0.717, 1.165) is 0 Å². The summed E-state index contributed by atoms with van der Waals surface area (Å²) in [7, 11) is 1.47. The molecular weight excluding hydrogens is 458 g/mol. The lowest BCUT2D eigenvalue weighted by atomic mass is 10.0. The van der Waals surface area contributed by atoms with Gasteiger partial charge in [-0.1, -0.05) is 6.07 Å². The number of fused-ring (bicyclic) bond motifs is 1. The van der Waals surface area contributed by atoms with Gasteiger partial charge in [-0.2, -0.15) is 0 Å². The van der Waals surface area contributed by atoms with E-state index in [9.17, 15) is 14.4 Å². The zero-order chi connectivity index (χ0) is 25.2. The molecular formula is C23H27N5O7. The van der Waals surface area contributed by atoms with Crippen molar-refractivity contribution in [3.05, 3.63) is 47.5 Å². The highest BCUT2D eigenvalue weighted by molar-refractivity contribution is 5.97.